The first kappa shape index (κ1) is 23.3. The van der Waals surface area contributed by atoms with Crippen LogP contribution in [0.5, 0.6) is 5.75 Å². The molecule has 0 bridgehead atoms. The van der Waals surface area contributed by atoms with Gasteiger partial charge in [0.05, 0.1) is 22.9 Å². The third kappa shape index (κ3) is 5.67. The summed E-state index contributed by atoms with van der Waals surface area (Å²) in [5, 5.41) is 9.88. The van der Waals surface area contributed by atoms with Crippen molar-refractivity contribution in [2.75, 3.05) is 13.2 Å². The maximum Gasteiger partial charge on any atom is 0.228 e. The van der Waals surface area contributed by atoms with E-state index in [1.807, 2.05) is 20.8 Å². The first-order valence-electron chi connectivity index (χ1n) is 10.1. The fourth-order valence-electron chi connectivity index (χ4n) is 3.34. The van der Waals surface area contributed by atoms with Crippen molar-refractivity contribution in [2.24, 2.45) is 0 Å². The van der Waals surface area contributed by atoms with Gasteiger partial charge in [-0.2, -0.15) is 0 Å². The normalized spacial score (nSPS) is 11.2. The highest BCUT2D eigenvalue weighted by Gasteiger charge is 2.20. The Bertz CT molecular complexity index is 1080. The Balaban J connectivity index is 1.78. The van der Waals surface area contributed by atoms with Gasteiger partial charge < -0.3 is 14.3 Å². The number of aliphatic hydroxyl groups excluding tert-OH is 1. The summed E-state index contributed by atoms with van der Waals surface area (Å²) >= 11 is 12.3. The Morgan fingerprint density at radius 3 is 2.61 bits per heavy atom. The predicted octanol–water partition coefficient (Wildman–Crippen LogP) is 6.27. The predicted molar refractivity (Wildman–Crippen MR) is 122 cm³/mol. The summed E-state index contributed by atoms with van der Waals surface area (Å²) in [6.45, 7) is 6.08. The van der Waals surface area contributed by atoms with E-state index >= 15 is 0 Å². The Labute approximate surface area is 192 Å². The number of aliphatic hydroxyl groups is 1. The molecule has 0 aliphatic heterocycles. The van der Waals surface area contributed by atoms with Gasteiger partial charge in [0.15, 0.2) is 5.78 Å². The molecule has 1 aromatic heterocycles. The molecule has 0 fully saturated rings. The molecule has 0 unspecified atom stereocenters. The SMILES string of the molecule is Cc1cc(OCCO)ccc1C(=O)CCc1nc(-c2ccc(Cl)cc2Cl)oc1C(C)C. The molecule has 7 heteroatoms. The Hall–Kier alpha value is -2.34. The van der Waals surface area contributed by atoms with Crippen LogP contribution in [0.15, 0.2) is 40.8 Å². The summed E-state index contributed by atoms with van der Waals surface area (Å²) in [5.41, 5.74) is 2.90. The van der Waals surface area contributed by atoms with E-state index < -0.39 is 0 Å². The molecule has 5 nitrogen and oxygen atoms in total. The molecular weight excluding hydrogens is 437 g/mol. The maximum absolute atomic E-state index is 12.8. The Kier molecular flexibility index (Phi) is 7.76. The molecule has 0 spiro atoms. The molecule has 0 radical (unpaired) electrons. The standard InChI is InChI=1S/C24H25Cl2NO4/c1-14(2)23-21(27-24(31-23)19-6-4-16(25)13-20(19)26)8-9-22(29)18-7-5-17(12-15(18)3)30-11-10-28/h4-7,12-14,28H,8-11H2,1-3H3. The van der Waals surface area contributed by atoms with Gasteiger partial charge in [0.25, 0.3) is 0 Å². The van der Waals surface area contributed by atoms with E-state index in [1.165, 1.54) is 0 Å². The first-order chi connectivity index (χ1) is 14.8. The first-order valence-corrected chi connectivity index (χ1v) is 10.9. The molecule has 0 saturated carbocycles. The van der Waals surface area contributed by atoms with Gasteiger partial charge in [0.2, 0.25) is 5.89 Å². The number of nitrogens with zero attached hydrogens (tertiary/aromatic N) is 1. The van der Waals surface area contributed by atoms with Gasteiger partial charge in [-0.3, -0.25) is 4.79 Å². The molecule has 2 aromatic carbocycles. The summed E-state index contributed by atoms with van der Waals surface area (Å²) in [5.74, 6) is 1.94. The summed E-state index contributed by atoms with van der Waals surface area (Å²) in [4.78, 5) is 17.5. The molecule has 0 aliphatic carbocycles. The van der Waals surface area contributed by atoms with Crippen LogP contribution in [0.2, 0.25) is 10.0 Å². The second-order valence-electron chi connectivity index (χ2n) is 7.58. The largest absolute Gasteiger partial charge is 0.491 e. The van der Waals surface area contributed by atoms with Crippen LogP contribution in [0, 0.1) is 6.92 Å². The van der Waals surface area contributed by atoms with Gasteiger partial charge in [-0.05, 0) is 48.9 Å². The lowest BCUT2D eigenvalue weighted by Gasteiger charge is -2.09. The van der Waals surface area contributed by atoms with E-state index in [0.717, 1.165) is 17.0 Å². The van der Waals surface area contributed by atoms with Crippen LogP contribution in [0.3, 0.4) is 0 Å². The van der Waals surface area contributed by atoms with Gasteiger partial charge in [0, 0.05) is 29.3 Å². The minimum absolute atomic E-state index is 0.0231. The number of rotatable bonds is 9. The third-order valence-electron chi connectivity index (χ3n) is 4.86. The number of Topliss-reactive ketones (excluding diaryl/α,β-unsaturated/α-hetero) is 1. The number of benzene rings is 2. The van der Waals surface area contributed by atoms with Crippen molar-refractivity contribution in [2.45, 2.75) is 39.5 Å². The number of carbonyl (C=O) groups excluding carboxylic acids is 1. The van der Waals surface area contributed by atoms with Crippen LogP contribution < -0.4 is 4.74 Å². The number of ketones is 1. The van der Waals surface area contributed by atoms with E-state index in [1.54, 1.807) is 36.4 Å². The highest BCUT2D eigenvalue weighted by Crippen LogP contribution is 2.33. The Morgan fingerprint density at radius 1 is 1.19 bits per heavy atom. The second kappa shape index (κ2) is 10.3. The number of aryl methyl sites for hydroxylation is 2. The molecule has 1 N–H and O–H groups in total. The second-order valence-corrected chi connectivity index (χ2v) is 8.42. The molecule has 3 rings (SSSR count). The summed E-state index contributed by atoms with van der Waals surface area (Å²) < 4.78 is 11.4. The fourth-order valence-corrected chi connectivity index (χ4v) is 3.83. The zero-order valence-electron chi connectivity index (χ0n) is 17.7. The number of halogens is 2. The lowest BCUT2D eigenvalue weighted by molar-refractivity contribution is 0.0981. The minimum atomic E-state index is -0.0567. The number of ether oxygens (including phenoxy) is 1. The van der Waals surface area contributed by atoms with Crippen molar-refractivity contribution in [3.63, 3.8) is 0 Å². The van der Waals surface area contributed by atoms with Gasteiger partial charge >= 0.3 is 0 Å². The molecule has 164 valence electrons. The van der Waals surface area contributed by atoms with Crippen molar-refractivity contribution < 1.29 is 19.1 Å². The zero-order valence-corrected chi connectivity index (χ0v) is 19.3. The highest BCUT2D eigenvalue weighted by atomic mass is 35.5. The van der Waals surface area contributed by atoms with Crippen molar-refractivity contribution >= 4 is 29.0 Å². The fraction of sp³-hybridized carbons (Fsp3) is 0.333. The van der Waals surface area contributed by atoms with Crippen molar-refractivity contribution in [1.82, 2.24) is 4.98 Å². The van der Waals surface area contributed by atoms with E-state index in [4.69, 9.17) is 37.5 Å². The van der Waals surface area contributed by atoms with E-state index in [-0.39, 0.29) is 24.9 Å². The van der Waals surface area contributed by atoms with Crippen LogP contribution in [0.25, 0.3) is 11.5 Å². The topological polar surface area (TPSA) is 72.6 Å². The molecule has 0 saturated heterocycles. The van der Waals surface area contributed by atoms with Crippen LogP contribution in [0.1, 0.15) is 53.6 Å². The van der Waals surface area contributed by atoms with Crippen molar-refractivity contribution in [1.29, 1.82) is 0 Å². The molecule has 31 heavy (non-hydrogen) atoms. The monoisotopic (exact) mass is 461 g/mol. The smallest absolute Gasteiger partial charge is 0.228 e. The van der Waals surface area contributed by atoms with Gasteiger partial charge in [-0.1, -0.05) is 37.0 Å². The van der Waals surface area contributed by atoms with Crippen molar-refractivity contribution in [3.05, 3.63) is 69.0 Å². The summed E-state index contributed by atoms with van der Waals surface area (Å²) in [6.07, 6.45) is 0.765. The average Bonchev–Trinajstić information content (AvgIpc) is 3.14. The van der Waals surface area contributed by atoms with Gasteiger partial charge in [0.1, 0.15) is 18.1 Å². The van der Waals surface area contributed by atoms with Crippen LogP contribution in [-0.2, 0) is 6.42 Å². The van der Waals surface area contributed by atoms with Gasteiger partial charge in [-0.25, -0.2) is 4.98 Å². The zero-order chi connectivity index (χ0) is 22.5. The van der Waals surface area contributed by atoms with Crippen LogP contribution in [0.4, 0.5) is 0 Å². The molecule has 1 heterocycles. The molecule has 0 atom stereocenters. The Morgan fingerprint density at radius 2 is 1.97 bits per heavy atom. The number of hydrogen-bond donors (Lipinski definition) is 1. The maximum atomic E-state index is 12.8. The van der Waals surface area contributed by atoms with Gasteiger partial charge in [-0.15, -0.1) is 0 Å². The summed E-state index contributed by atoms with van der Waals surface area (Å²) in [7, 11) is 0. The van der Waals surface area contributed by atoms with E-state index in [0.29, 0.717) is 45.7 Å². The molecule has 0 aliphatic rings. The highest BCUT2D eigenvalue weighted by molar-refractivity contribution is 6.36. The lowest BCUT2D eigenvalue weighted by atomic mass is 9.99. The summed E-state index contributed by atoms with van der Waals surface area (Å²) in [6, 6.07) is 10.5. The van der Waals surface area contributed by atoms with Crippen molar-refractivity contribution in [3.8, 4) is 17.2 Å². The molecule has 0 amide bonds. The number of carbonyl (C=O) groups is 1. The quantitative estimate of drug-likeness (QED) is 0.380. The molecular formula is C24H25Cl2NO4. The van der Waals surface area contributed by atoms with Crippen LogP contribution in [-0.4, -0.2) is 29.1 Å². The minimum Gasteiger partial charge on any atom is -0.491 e. The van der Waals surface area contributed by atoms with E-state index in [2.05, 4.69) is 4.98 Å². The number of hydrogen-bond acceptors (Lipinski definition) is 5. The third-order valence-corrected chi connectivity index (χ3v) is 5.41. The lowest BCUT2D eigenvalue weighted by Crippen LogP contribution is -2.06. The van der Waals surface area contributed by atoms with Crippen LogP contribution >= 0.6 is 23.2 Å². The number of oxazole rings is 1. The number of aromatic nitrogens is 1. The van der Waals surface area contributed by atoms with E-state index in [9.17, 15) is 4.79 Å². The average molecular weight is 462 g/mol. The molecule has 3 aromatic rings.